The van der Waals surface area contributed by atoms with E-state index in [0.717, 1.165) is 6.07 Å². The SMILES string of the molecule is C[C@H]1CC(c2ccc(C(F)(F)F)c(Cl)c2)C(=O)c2c(NC(=O)c3cccnc3)cnn21. The predicted octanol–water partition coefficient (Wildman–Crippen LogP) is 5.13. The molecule has 0 aliphatic carbocycles. The molecular weight excluding hydrogens is 433 g/mol. The van der Waals surface area contributed by atoms with Gasteiger partial charge in [0.05, 0.1) is 40.0 Å². The van der Waals surface area contributed by atoms with Gasteiger partial charge in [-0.2, -0.15) is 18.3 Å². The third-order valence-corrected chi connectivity index (χ3v) is 5.53. The highest BCUT2D eigenvalue weighted by Crippen LogP contribution is 2.41. The van der Waals surface area contributed by atoms with Crippen molar-refractivity contribution in [2.75, 3.05) is 5.32 Å². The second-order valence-electron chi connectivity index (χ2n) is 7.29. The van der Waals surface area contributed by atoms with E-state index in [4.69, 9.17) is 11.6 Å². The van der Waals surface area contributed by atoms with Crippen LogP contribution in [0.3, 0.4) is 0 Å². The number of nitrogens with one attached hydrogen (secondary N) is 1. The number of aromatic nitrogens is 3. The van der Waals surface area contributed by atoms with Crippen molar-refractivity contribution < 1.29 is 22.8 Å². The van der Waals surface area contributed by atoms with Gasteiger partial charge < -0.3 is 5.32 Å². The molecule has 2 atom stereocenters. The predicted molar refractivity (Wildman–Crippen MR) is 107 cm³/mol. The maximum absolute atomic E-state index is 13.3. The monoisotopic (exact) mass is 448 g/mol. The van der Waals surface area contributed by atoms with Gasteiger partial charge in [0.15, 0.2) is 5.78 Å². The summed E-state index contributed by atoms with van der Waals surface area (Å²) >= 11 is 5.85. The fourth-order valence-electron chi connectivity index (χ4n) is 3.70. The van der Waals surface area contributed by atoms with E-state index in [2.05, 4.69) is 15.4 Å². The fourth-order valence-corrected chi connectivity index (χ4v) is 4.00. The van der Waals surface area contributed by atoms with Crippen molar-refractivity contribution in [3.05, 3.63) is 76.3 Å². The Hall–Kier alpha value is -3.20. The molecule has 0 saturated heterocycles. The summed E-state index contributed by atoms with van der Waals surface area (Å²) in [4.78, 5) is 29.6. The third-order valence-electron chi connectivity index (χ3n) is 5.21. The lowest BCUT2D eigenvalue weighted by Gasteiger charge is -2.28. The molecule has 0 bridgehead atoms. The minimum atomic E-state index is -4.58. The summed E-state index contributed by atoms with van der Waals surface area (Å²) in [5.74, 6) is -1.52. The number of hydrogen-bond donors (Lipinski definition) is 1. The quantitative estimate of drug-likeness (QED) is 0.602. The van der Waals surface area contributed by atoms with Crippen molar-refractivity contribution in [2.45, 2.75) is 31.5 Å². The van der Waals surface area contributed by atoms with Gasteiger partial charge in [-0.25, -0.2) is 0 Å². The number of pyridine rings is 1. The van der Waals surface area contributed by atoms with E-state index in [1.165, 1.54) is 35.4 Å². The van der Waals surface area contributed by atoms with Gasteiger partial charge in [-0.3, -0.25) is 19.3 Å². The van der Waals surface area contributed by atoms with Crippen LogP contribution in [0.15, 0.2) is 48.9 Å². The summed E-state index contributed by atoms with van der Waals surface area (Å²) in [6, 6.07) is 6.30. The summed E-state index contributed by atoms with van der Waals surface area (Å²) in [5.41, 5.74) is 0.158. The van der Waals surface area contributed by atoms with E-state index in [1.807, 2.05) is 6.92 Å². The summed E-state index contributed by atoms with van der Waals surface area (Å²) in [5, 5.41) is 6.43. The summed E-state index contributed by atoms with van der Waals surface area (Å²) in [6.07, 6.45) is 0.0689. The van der Waals surface area contributed by atoms with E-state index < -0.39 is 28.6 Å². The van der Waals surface area contributed by atoms with Crippen LogP contribution in [-0.4, -0.2) is 26.5 Å². The molecule has 10 heteroatoms. The number of carbonyl (C=O) groups excluding carboxylic acids is 2. The van der Waals surface area contributed by atoms with Crippen molar-refractivity contribution in [3.8, 4) is 0 Å². The van der Waals surface area contributed by atoms with Gasteiger partial charge >= 0.3 is 6.18 Å². The molecule has 3 aromatic rings. The van der Waals surface area contributed by atoms with Crippen LogP contribution >= 0.6 is 11.6 Å². The number of alkyl halides is 3. The second kappa shape index (κ2) is 7.81. The van der Waals surface area contributed by atoms with Gasteiger partial charge in [-0.1, -0.05) is 17.7 Å². The van der Waals surface area contributed by atoms with Crippen molar-refractivity contribution in [3.63, 3.8) is 0 Å². The first-order chi connectivity index (χ1) is 14.7. The molecule has 6 nitrogen and oxygen atoms in total. The molecule has 0 saturated carbocycles. The zero-order valence-corrected chi connectivity index (χ0v) is 16.9. The summed E-state index contributed by atoms with van der Waals surface area (Å²) in [7, 11) is 0. The number of carbonyl (C=O) groups is 2. The van der Waals surface area contributed by atoms with Crippen LogP contribution in [0.25, 0.3) is 0 Å². The van der Waals surface area contributed by atoms with Crippen LogP contribution < -0.4 is 5.32 Å². The Morgan fingerprint density at radius 2 is 2.03 bits per heavy atom. The number of halogens is 4. The number of nitrogens with zero attached hydrogens (tertiary/aromatic N) is 3. The molecule has 2 aromatic heterocycles. The maximum atomic E-state index is 13.3. The third kappa shape index (κ3) is 3.93. The lowest BCUT2D eigenvalue weighted by Crippen LogP contribution is -2.29. The van der Waals surface area contributed by atoms with Crippen molar-refractivity contribution >= 4 is 29.0 Å². The molecule has 1 aromatic carbocycles. The van der Waals surface area contributed by atoms with Crippen LogP contribution in [0.1, 0.15) is 57.3 Å². The van der Waals surface area contributed by atoms with Crippen molar-refractivity contribution in [1.29, 1.82) is 0 Å². The molecule has 1 N–H and O–H groups in total. The smallest absolute Gasteiger partial charge is 0.319 e. The molecule has 1 amide bonds. The Balaban J connectivity index is 1.66. The number of amides is 1. The number of anilines is 1. The van der Waals surface area contributed by atoms with Gasteiger partial charge in [0, 0.05) is 12.4 Å². The highest BCUT2D eigenvalue weighted by molar-refractivity contribution is 6.31. The Kier molecular flexibility index (Phi) is 5.30. The zero-order chi connectivity index (χ0) is 22.3. The lowest BCUT2D eigenvalue weighted by molar-refractivity contribution is -0.137. The molecule has 0 radical (unpaired) electrons. The van der Waals surface area contributed by atoms with Gasteiger partial charge in [-0.15, -0.1) is 0 Å². The number of benzene rings is 1. The first kappa shape index (κ1) is 21.0. The molecular formula is C21H16ClF3N4O2. The van der Waals surface area contributed by atoms with Crippen LogP contribution in [-0.2, 0) is 6.18 Å². The van der Waals surface area contributed by atoms with Crippen LogP contribution in [0.5, 0.6) is 0 Å². The highest BCUT2D eigenvalue weighted by Gasteiger charge is 2.38. The van der Waals surface area contributed by atoms with Crippen LogP contribution in [0.2, 0.25) is 5.02 Å². The first-order valence-corrected chi connectivity index (χ1v) is 9.74. The molecule has 1 aliphatic rings. The Morgan fingerprint density at radius 3 is 2.68 bits per heavy atom. The maximum Gasteiger partial charge on any atom is 0.417 e. The highest BCUT2D eigenvalue weighted by atomic mass is 35.5. The summed E-state index contributed by atoms with van der Waals surface area (Å²) in [6.45, 7) is 1.84. The molecule has 31 heavy (non-hydrogen) atoms. The number of ketones is 1. The average molecular weight is 449 g/mol. The van der Waals surface area contributed by atoms with Crippen LogP contribution in [0.4, 0.5) is 18.9 Å². The van der Waals surface area contributed by atoms with E-state index >= 15 is 0 Å². The van der Waals surface area contributed by atoms with E-state index in [-0.39, 0.29) is 23.2 Å². The summed E-state index contributed by atoms with van der Waals surface area (Å²) < 4.78 is 40.6. The molecule has 0 fully saturated rings. The zero-order valence-electron chi connectivity index (χ0n) is 16.2. The largest absolute Gasteiger partial charge is 0.417 e. The lowest BCUT2D eigenvalue weighted by atomic mass is 9.84. The minimum Gasteiger partial charge on any atom is -0.319 e. The minimum absolute atomic E-state index is 0.192. The van der Waals surface area contributed by atoms with E-state index in [0.29, 0.717) is 17.5 Å². The normalized spacial score (nSPS) is 18.5. The molecule has 4 rings (SSSR count). The van der Waals surface area contributed by atoms with Gasteiger partial charge in [0.25, 0.3) is 5.91 Å². The molecule has 1 aliphatic heterocycles. The number of Topliss-reactive ketones (excluding diaryl/α,β-unsaturated/α-hetero) is 1. The molecule has 0 spiro atoms. The van der Waals surface area contributed by atoms with Gasteiger partial charge in [-0.05, 0) is 43.2 Å². The Morgan fingerprint density at radius 1 is 1.26 bits per heavy atom. The van der Waals surface area contributed by atoms with Crippen LogP contribution in [0, 0.1) is 0 Å². The van der Waals surface area contributed by atoms with E-state index in [9.17, 15) is 22.8 Å². The van der Waals surface area contributed by atoms with Gasteiger partial charge in [0.1, 0.15) is 5.69 Å². The average Bonchev–Trinajstić information content (AvgIpc) is 3.15. The standard InChI is InChI=1S/C21H16ClF3N4O2/c1-11-7-14(12-4-5-15(16(22)8-12)21(23,24)25)19(30)18-17(10-27-29(11)18)28-20(31)13-3-2-6-26-9-13/h2-6,8-11,14H,7H2,1H3,(H,28,31)/t11-,14?/m0/s1. The number of fused-ring (bicyclic) bond motifs is 1. The molecule has 1 unspecified atom stereocenters. The van der Waals surface area contributed by atoms with Crippen molar-refractivity contribution in [1.82, 2.24) is 14.8 Å². The topological polar surface area (TPSA) is 76.9 Å². The van der Waals surface area contributed by atoms with Gasteiger partial charge in [0.2, 0.25) is 0 Å². The number of hydrogen-bond acceptors (Lipinski definition) is 4. The van der Waals surface area contributed by atoms with Crippen molar-refractivity contribution in [2.24, 2.45) is 0 Å². The Labute approximate surface area is 180 Å². The molecule has 160 valence electrons. The first-order valence-electron chi connectivity index (χ1n) is 9.36. The van der Waals surface area contributed by atoms with E-state index in [1.54, 1.807) is 12.1 Å². The number of rotatable bonds is 3. The Bertz CT molecular complexity index is 1160. The second-order valence-corrected chi connectivity index (χ2v) is 7.69. The molecule has 3 heterocycles. The fraction of sp³-hybridized carbons (Fsp3) is 0.238.